The second kappa shape index (κ2) is 8.87. The van der Waals surface area contributed by atoms with Gasteiger partial charge in [0.15, 0.2) is 0 Å². The molecule has 0 saturated carbocycles. The summed E-state index contributed by atoms with van der Waals surface area (Å²) in [6.07, 6.45) is 11.8. The van der Waals surface area contributed by atoms with Crippen molar-refractivity contribution in [3.05, 3.63) is 36.5 Å². The summed E-state index contributed by atoms with van der Waals surface area (Å²) in [4.78, 5) is 24.2. The molecule has 0 radical (unpaired) electrons. The van der Waals surface area contributed by atoms with Crippen molar-refractivity contribution >= 4 is 11.7 Å². The molecular formula is C22H32N4O. The first-order chi connectivity index (χ1) is 13.3. The topological polar surface area (TPSA) is 39.7 Å². The van der Waals surface area contributed by atoms with E-state index in [0.717, 1.165) is 70.9 Å². The van der Waals surface area contributed by atoms with E-state index in [0.29, 0.717) is 24.2 Å². The van der Waals surface area contributed by atoms with Crippen LogP contribution in [0.25, 0.3) is 0 Å². The number of likely N-dealkylation sites (tertiary alicyclic amines) is 1. The summed E-state index contributed by atoms with van der Waals surface area (Å²) in [6, 6.07) is 6.13. The number of aromatic nitrogens is 1. The van der Waals surface area contributed by atoms with Gasteiger partial charge in [0.05, 0.1) is 0 Å². The van der Waals surface area contributed by atoms with Gasteiger partial charge in [0, 0.05) is 58.4 Å². The molecule has 3 heterocycles. The van der Waals surface area contributed by atoms with Crippen LogP contribution in [-0.2, 0) is 4.79 Å². The van der Waals surface area contributed by atoms with Crippen molar-refractivity contribution in [1.29, 1.82) is 0 Å². The Morgan fingerprint density at radius 3 is 2.74 bits per heavy atom. The van der Waals surface area contributed by atoms with Gasteiger partial charge < -0.3 is 9.80 Å². The predicted molar refractivity (Wildman–Crippen MR) is 109 cm³/mol. The van der Waals surface area contributed by atoms with Crippen molar-refractivity contribution in [2.24, 2.45) is 11.8 Å². The minimum Gasteiger partial charge on any atom is -0.354 e. The highest BCUT2D eigenvalue weighted by atomic mass is 16.2. The fourth-order valence-electron chi connectivity index (χ4n) is 4.72. The number of hydrogen-bond donors (Lipinski definition) is 0. The molecule has 1 amide bonds. The monoisotopic (exact) mass is 368 g/mol. The highest BCUT2D eigenvalue weighted by Gasteiger charge is 2.28. The molecule has 2 atom stereocenters. The summed E-state index contributed by atoms with van der Waals surface area (Å²) in [5.41, 5.74) is 0. The Hall–Kier alpha value is -1.88. The summed E-state index contributed by atoms with van der Waals surface area (Å²) in [5.74, 6) is 2.57. The molecule has 1 aromatic heterocycles. The number of nitrogens with zero attached hydrogens (tertiary/aromatic N) is 4. The zero-order valence-electron chi connectivity index (χ0n) is 16.3. The maximum absolute atomic E-state index is 12.7. The quantitative estimate of drug-likeness (QED) is 0.750. The van der Waals surface area contributed by atoms with E-state index >= 15 is 0 Å². The third kappa shape index (κ3) is 4.89. The van der Waals surface area contributed by atoms with Crippen molar-refractivity contribution in [3.63, 3.8) is 0 Å². The number of anilines is 1. The minimum absolute atomic E-state index is 0.372. The van der Waals surface area contributed by atoms with Crippen LogP contribution in [0.1, 0.15) is 32.1 Å². The molecule has 27 heavy (non-hydrogen) atoms. The molecule has 1 aliphatic carbocycles. The first kappa shape index (κ1) is 18.5. The number of piperazine rings is 1. The Labute approximate surface area is 163 Å². The zero-order chi connectivity index (χ0) is 18.5. The molecule has 5 heteroatoms. The Bertz CT molecular complexity index is 639. The average molecular weight is 369 g/mol. The van der Waals surface area contributed by atoms with Gasteiger partial charge in [-0.3, -0.25) is 9.69 Å². The number of allylic oxidation sites excluding steroid dienone is 2. The fraction of sp³-hybridized carbons (Fsp3) is 0.636. The second-order valence-electron chi connectivity index (χ2n) is 8.29. The maximum Gasteiger partial charge on any atom is 0.223 e. The molecule has 146 valence electrons. The van der Waals surface area contributed by atoms with Crippen molar-refractivity contribution in [3.8, 4) is 0 Å². The van der Waals surface area contributed by atoms with E-state index in [1.807, 2.05) is 12.3 Å². The Balaban J connectivity index is 1.22. The Morgan fingerprint density at radius 2 is 2.00 bits per heavy atom. The lowest BCUT2D eigenvalue weighted by atomic mass is 9.95. The van der Waals surface area contributed by atoms with E-state index < -0.39 is 0 Å². The van der Waals surface area contributed by atoms with Crippen LogP contribution in [0.5, 0.6) is 0 Å². The van der Waals surface area contributed by atoms with Crippen LogP contribution in [0.2, 0.25) is 0 Å². The van der Waals surface area contributed by atoms with Gasteiger partial charge in [0.25, 0.3) is 0 Å². The zero-order valence-corrected chi connectivity index (χ0v) is 16.3. The van der Waals surface area contributed by atoms with Crippen LogP contribution in [0.3, 0.4) is 0 Å². The first-order valence-corrected chi connectivity index (χ1v) is 10.6. The summed E-state index contributed by atoms with van der Waals surface area (Å²) in [6.45, 7) is 7.31. The standard InChI is InChI=1S/C22H32N4O/c27-22(16-19-6-1-2-7-19)26-11-5-8-20(18-26)17-24-12-14-25(15-13-24)21-9-3-4-10-23-21/h1,3-4,6,9-10,19-20H,2,5,7-8,11-18H2. The highest BCUT2D eigenvalue weighted by molar-refractivity contribution is 5.76. The third-order valence-electron chi connectivity index (χ3n) is 6.28. The van der Waals surface area contributed by atoms with Crippen molar-refractivity contribution in [1.82, 2.24) is 14.8 Å². The molecule has 0 spiro atoms. The van der Waals surface area contributed by atoms with Crippen molar-refractivity contribution < 1.29 is 4.79 Å². The number of carbonyl (C=O) groups is 1. The molecule has 2 fully saturated rings. The molecular weight excluding hydrogens is 336 g/mol. The van der Waals surface area contributed by atoms with Crippen molar-refractivity contribution in [2.45, 2.75) is 32.1 Å². The average Bonchev–Trinajstić information content (AvgIpc) is 3.22. The van der Waals surface area contributed by atoms with Gasteiger partial charge in [0.2, 0.25) is 5.91 Å². The van der Waals surface area contributed by atoms with Crippen LogP contribution in [-0.4, -0.2) is 66.5 Å². The summed E-state index contributed by atoms with van der Waals surface area (Å²) < 4.78 is 0. The van der Waals surface area contributed by atoms with Gasteiger partial charge in [-0.2, -0.15) is 0 Å². The van der Waals surface area contributed by atoms with Gasteiger partial charge >= 0.3 is 0 Å². The molecule has 0 aromatic carbocycles. The number of amides is 1. The van der Waals surface area contributed by atoms with E-state index in [4.69, 9.17) is 0 Å². The predicted octanol–water partition coefficient (Wildman–Crippen LogP) is 2.80. The first-order valence-electron chi connectivity index (χ1n) is 10.6. The lowest BCUT2D eigenvalue weighted by Gasteiger charge is -2.39. The minimum atomic E-state index is 0.372. The number of pyridine rings is 1. The largest absolute Gasteiger partial charge is 0.354 e. The molecule has 4 rings (SSSR count). The number of rotatable bonds is 5. The SMILES string of the molecule is O=C(CC1C=CCC1)N1CCCC(CN2CCN(c3ccccn3)CC2)C1. The van der Waals surface area contributed by atoms with E-state index in [2.05, 4.69) is 44.0 Å². The van der Waals surface area contributed by atoms with Gasteiger partial charge in [-0.1, -0.05) is 18.2 Å². The molecule has 2 aliphatic heterocycles. The van der Waals surface area contributed by atoms with Gasteiger partial charge in [-0.25, -0.2) is 4.98 Å². The molecule has 0 bridgehead atoms. The van der Waals surface area contributed by atoms with Crippen molar-refractivity contribution in [2.75, 3.05) is 50.7 Å². The van der Waals surface area contributed by atoms with E-state index in [-0.39, 0.29) is 0 Å². The summed E-state index contributed by atoms with van der Waals surface area (Å²) in [7, 11) is 0. The van der Waals surface area contributed by atoms with E-state index in [1.54, 1.807) is 0 Å². The third-order valence-corrected chi connectivity index (χ3v) is 6.28. The van der Waals surface area contributed by atoms with Crippen LogP contribution in [0.15, 0.2) is 36.5 Å². The summed E-state index contributed by atoms with van der Waals surface area (Å²) in [5, 5.41) is 0. The molecule has 5 nitrogen and oxygen atoms in total. The lowest BCUT2D eigenvalue weighted by molar-refractivity contribution is -0.133. The van der Waals surface area contributed by atoms with Gasteiger partial charge in [-0.15, -0.1) is 0 Å². The molecule has 3 aliphatic rings. The Kier molecular flexibility index (Phi) is 6.07. The number of piperidine rings is 1. The van der Waals surface area contributed by atoms with Crippen LogP contribution in [0, 0.1) is 11.8 Å². The molecule has 0 N–H and O–H groups in total. The van der Waals surface area contributed by atoms with Gasteiger partial charge in [-0.05, 0) is 49.7 Å². The van der Waals surface area contributed by atoms with E-state index in [9.17, 15) is 4.79 Å². The van der Waals surface area contributed by atoms with Crippen LogP contribution in [0.4, 0.5) is 5.82 Å². The fourth-order valence-corrected chi connectivity index (χ4v) is 4.72. The molecule has 2 saturated heterocycles. The number of hydrogen-bond acceptors (Lipinski definition) is 4. The number of carbonyl (C=O) groups excluding carboxylic acids is 1. The van der Waals surface area contributed by atoms with Gasteiger partial charge in [0.1, 0.15) is 5.82 Å². The van der Waals surface area contributed by atoms with Crippen LogP contribution < -0.4 is 4.90 Å². The summed E-state index contributed by atoms with van der Waals surface area (Å²) >= 11 is 0. The smallest absolute Gasteiger partial charge is 0.223 e. The normalized spacial score (nSPS) is 26.5. The second-order valence-corrected chi connectivity index (χ2v) is 8.29. The van der Waals surface area contributed by atoms with E-state index in [1.165, 1.54) is 6.42 Å². The molecule has 2 unspecified atom stereocenters. The molecule has 1 aromatic rings. The van der Waals surface area contributed by atoms with Crippen LogP contribution >= 0.6 is 0 Å². The maximum atomic E-state index is 12.7. The lowest BCUT2D eigenvalue weighted by Crippen LogP contribution is -2.50. The highest BCUT2D eigenvalue weighted by Crippen LogP contribution is 2.24. The Morgan fingerprint density at radius 1 is 1.11 bits per heavy atom.